The van der Waals surface area contributed by atoms with E-state index in [1.807, 2.05) is 0 Å². The number of rotatable bonds is 10. The van der Waals surface area contributed by atoms with Crippen LogP contribution >= 0.6 is 11.8 Å². The number of ketones is 1. The van der Waals surface area contributed by atoms with Crippen LogP contribution in [0, 0.1) is 5.82 Å². The molecule has 0 bridgehead atoms. The highest BCUT2D eigenvalue weighted by Crippen LogP contribution is 2.23. The lowest BCUT2D eigenvalue weighted by Gasteiger charge is -2.12. The van der Waals surface area contributed by atoms with Gasteiger partial charge in [-0.3, -0.25) is 14.4 Å². The zero-order chi connectivity index (χ0) is 27.6. The Hall–Kier alpha value is -4.69. The maximum absolute atomic E-state index is 14.3. The lowest BCUT2D eigenvalue weighted by molar-refractivity contribution is -0.113. The van der Waals surface area contributed by atoms with Crippen molar-refractivity contribution in [3.63, 3.8) is 0 Å². The van der Waals surface area contributed by atoms with Crippen LogP contribution in [0.2, 0.25) is 0 Å². The van der Waals surface area contributed by atoms with E-state index < -0.39 is 17.6 Å². The minimum absolute atomic E-state index is 0.0339. The van der Waals surface area contributed by atoms with E-state index in [0.717, 1.165) is 4.90 Å². The molecule has 0 aliphatic rings. The zero-order valence-electron chi connectivity index (χ0n) is 21.0. The van der Waals surface area contributed by atoms with Gasteiger partial charge in [-0.15, -0.1) is 11.8 Å². The van der Waals surface area contributed by atoms with Crippen LogP contribution in [0.3, 0.4) is 0 Å². The number of thioether (sulfide) groups is 1. The molecule has 0 heterocycles. The lowest BCUT2D eigenvalue weighted by atomic mass is 10.1. The van der Waals surface area contributed by atoms with Crippen LogP contribution in [0.1, 0.15) is 26.3 Å². The van der Waals surface area contributed by atoms with Crippen molar-refractivity contribution in [1.29, 1.82) is 0 Å². The molecule has 6 nitrogen and oxygen atoms in total. The summed E-state index contributed by atoms with van der Waals surface area (Å²) < 4.78 is 19.5. The van der Waals surface area contributed by atoms with E-state index in [4.69, 9.17) is 4.74 Å². The highest BCUT2D eigenvalue weighted by Gasteiger charge is 2.16. The smallest absolute Gasteiger partial charge is 0.272 e. The number of carbonyl (C=O) groups is 3. The molecule has 0 spiro atoms. The summed E-state index contributed by atoms with van der Waals surface area (Å²) in [5.41, 5.74) is 1.43. The van der Waals surface area contributed by atoms with Crippen molar-refractivity contribution < 1.29 is 23.5 Å². The van der Waals surface area contributed by atoms with E-state index in [0.29, 0.717) is 22.6 Å². The molecule has 4 aromatic carbocycles. The number of amides is 2. The van der Waals surface area contributed by atoms with Crippen LogP contribution in [0.4, 0.5) is 10.1 Å². The van der Waals surface area contributed by atoms with Gasteiger partial charge in [-0.2, -0.15) is 0 Å². The summed E-state index contributed by atoms with van der Waals surface area (Å²) in [4.78, 5) is 39.2. The number of carbonyl (C=O) groups excluding carboxylic acids is 3. The third-order valence-corrected chi connectivity index (χ3v) is 6.62. The number of hydrogen-bond acceptors (Lipinski definition) is 5. The maximum atomic E-state index is 14.3. The average Bonchev–Trinajstić information content (AvgIpc) is 2.97. The van der Waals surface area contributed by atoms with Gasteiger partial charge in [0, 0.05) is 27.3 Å². The second kappa shape index (κ2) is 13.2. The van der Waals surface area contributed by atoms with Crippen LogP contribution in [-0.2, 0) is 4.79 Å². The van der Waals surface area contributed by atoms with Crippen LogP contribution in [0.15, 0.2) is 114 Å². The molecule has 196 valence electrons. The quantitative estimate of drug-likeness (QED) is 0.142. The fourth-order valence-electron chi connectivity index (χ4n) is 3.55. The predicted octanol–water partition coefficient (Wildman–Crippen LogP) is 6.22. The first-order valence-electron chi connectivity index (χ1n) is 12.0. The molecule has 4 aromatic rings. The first-order valence-corrected chi connectivity index (χ1v) is 13.0. The number of benzene rings is 4. The van der Waals surface area contributed by atoms with E-state index in [1.54, 1.807) is 98.1 Å². The van der Waals surface area contributed by atoms with Gasteiger partial charge in [-0.05, 0) is 60.7 Å². The van der Waals surface area contributed by atoms with Crippen LogP contribution < -0.4 is 15.4 Å². The molecule has 0 aliphatic heterocycles. The molecule has 0 aliphatic carbocycles. The zero-order valence-corrected chi connectivity index (χ0v) is 21.8. The second-order valence-electron chi connectivity index (χ2n) is 8.32. The summed E-state index contributed by atoms with van der Waals surface area (Å²) in [5.74, 6) is -0.818. The van der Waals surface area contributed by atoms with E-state index in [-0.39, 0.29) is 22.8 Å². The largest absolute Gasteiger partial charge is 0.497 e. The molecular weight excluding hydrogens is 515 g/mol. The van der Waals surface area contributed by atoms with Gasteiger partial charge >= 0.3 is 0 Å². The normalized spacial score (nSPS) is 11.0. The van der Waals surface area contributed by atoms with E-state index in [2.05, 4.69) is 10.6 Å². The van der Waals surface area contributed by atoms with Gasteiger partial charge in [0.2, 0.25) is 0 Å². The molecule has 2 amide bonds. The average molecular weight is 541 g/mol. The maximum Gasteiger partial charge on any atom is 0.272 e. The van der Waals surface area contributed by atoms with Gasteiger partial charge in [-0.1, -0.05) is 48.5 Å². The molecule has 0 unspecified atom stereocenters. The Morgan fingerprint density at radius 3 is 2.26 bits per heavy atom. The number of ether oxygens (including phenoxy) is 1. The highest BCUT2D eigenvalue weighted by molar-refractivity contribution is 8.00. The van der Waals surface area contributed by atoms with Gasteiger partial charge in [0.05, 0.1) is 12.9 Å². The summed E-state index contributed by atoms with van der Waals surface area (Å²) in [6.07, 6.45) is 1.29. The van der Waals surface area contributed by atoms with Crippen molar-refractivity contribution in [1.82, 2.24) is 5.32 Å². The van der Waals surface area contributed by atoms with Crippen molar-refractivity contribution in [2.75, 3.05) is 18.2 Å². The van der Waals surface area contributed by atoms with Gasteiger partial charge in [0.1, 0.15) is 17.3 Å². The molecular formula is C31H25FN2O4S. The summed E-state index contributed by atoms with van der Waals surface area (Å²) >= 11 is 1.37. The molecule has 0 saturated heterocycles. The van der Waals surface area contributed by atoms with Crippen LogP contribution in [-0.4, -0.2) is 30.5 Å². The summed E-state index contributed by atoms with van der Waals surface area (Å²) in [6, 6.07) is 28.3. The Bertz CT molecular complexity index is 1500. The first-order chi connectivity index (χ1) is 18.9. The third-order valence-electron chi connectivity index (χ3n) is 5.61. The van der Waals surface area contributed by atoms with E-state index in [9.17, 15) is 18.8 Å². The van der Waals surface area contributed by atoms with Crippen molar-refractivity contribution in [2.24, 2.45) is 0 Å². The van der Waals surface area contributed by atoms with Crippen molar-refractivity contribution >= 4 is 41.1 Å². The monoisotopic (exact) mass is 540 g/mol. The molecule has 39 heavy (non-hydrogen) atoms. The topological polar surface area (TPSA) is 84.5 Å². The highest BCUT2D eigenvalue weighted by atomic mass is 32.2. The van der Waals surface area contributed by atoms with Crippen LogP contribution in [0.5, 0.6) is 5.75 Å². The molecule has 0 fully saturated rings. The molecule has 0 atom stereocenters. The molecule has 8 heteroatoms. The first kappa shape index (κ1) is 27.3. The molecule has 0 radical (unpaired) electrons. The Kier molecular flexibility index (Phi) is 9.26. The Morgan fingerprint density at radius 2 is 1.54 bits per heavy atom. The minimum Gasteiger partial charge on any atom is -0.497 e. The Morgan fingerprint density at radius 1 is 0.846 bits per heavy atom. The molecule has 0 saturated carbocycles. The van der Waals surface area contributed by atoms with Crippen molar-refractivity contribution in [2.45, 2.75) is 4.90 Å². The van der Waals surface area contributed by atoms with Gasteiger partial charge < -0.3 is 15.4 Å². The Labute approximate surface area is 229 Å². The summed E-state index contributed by atoms with van der Waals surface area (Å²) in [7, 11) is 1.55. The molecule has 0 aromatic heterocycles. The standard InChI is InChI=1S/C31H25FN2O4S/c1-38-25-12-7-11-23(18-25)29(35)20-39-26-16-14-24(15-17-26)33-31(37)28(19-22-10-5-6-13-27(22)32)34-30(36)21-8-3-2-4-9-21/h2-19H,20H2,1H3,(H,33,37)(H,34,36)/b28-19-. The number of hydrogen-bond donors (Lipinski definition) is 2. The second-order valence-corrected chi connectivity index (χ2v) is 9.37. The van der Waals surface area contributed by atoms with Gasteiger partial charge in [0.25, 0.3) is 11.8 Å². The molecule has 2 N–H and O–H groups in total. The number of methoxy groups -OCH3 is 1. The fraction of sp³-hybridized carbons (Fsp3) is 0.0645. The Balaban J connectivity index is 1.44. The molecule has 4 rings (SSSR count). The van der Waals surface area contributed by atoms with Crippen molar-refractivity contribution in [3.05, 3.63) is 131 Å². The SMILES string of the molecule is COc1cccc(C(=O)CSc2ccc(NC(=O)/C(=C/c3ccccc3F)NC(=O)c3ccccc3)cc2)c1. The number of anilines is 1. The summed E-state index contributed by atoms with van der Waals surface area (Å²) in [5, 5.41) is 5.32. The fourth-order valence-corrected chi connectivity index (χ4v) is 4.34. The van der Waals surface area contributed by atoms with E-state index >= 15 is 0 Å². The minimum atomic E-state index is -0.615. The summed E-state index contributed by atoms with van der Waals surface area (Å²) in [6.45, 7) is 0. The van der Waals surface area contributed by atoms with Crippen LogP contribution in [0.25, 0.3) is 6.08 Å². The van der Waals surface area contributed by atoms with E-state index in [1.165, 1.54) is 30.0 Å². The van der Waals surface area contributed by atoms with Crippen molar-refractivity contribution in [3.8, 4) is 5.75 Å². The number of Topliss-reactive ketones (excluding diaryl/α,β-unsaturated/α-hetero) is 1. The number of nitrogens with one attached hydrogen (secondary N) is 2. The van der Waals surface area contributed by atoms with Gasteiger partial charge in [0.15, 0.2) is 5.78 Å². The lowest BCUT2D eigenvalue weighted by Crippen LogP contribution is -2.30. The number of halogens is 1. The predicted molar refractivity (Wildman–Crippen MR) is 151 cm³/mol. The third kappa shape index (κ3) is 7.66. The van der Waals surface area contributed by atoms with Gasteiger partial charge in [-0.25, -0.2) is 4.39 Å².